The molecule has 0 spiro atoms. The number of hydrogen-bond acceptors (Lipinski definition) is 4. The van der Waals surface area contributed by atoms with Gasteiger partial charge in [0.05, 0.1) is 5.69 Å². The van der Waals surface area contributed by atoms with E-state index in [2.05, 4.69) is 25.9 Å². The van der Waals surface area contributed by atoms with E-state index < -0.39 is 9.84 Å². The van der Waals surface area contributed by atoms with Crippen LogP contribution in [0.3, 0.4) is 0 Å². The average Bonchev–Trinajstić information content (AvgIpc) is 1.78. The van der Waals surface area contributed by atoms with Crippen LogP contribution in [-0.2, 0) is 9.84 Å². The maximum absolute atomic E-state index is 11.3. The van der Waals surface area contributed by atoms with Gasteiger partial charge in [-0.15, -0.1) is 0 Å². The van der Waals surface area contributed by atoms with E-state index in [4.69, 9.17) is 0 Å². The second-order valence-electron chi connectivity index (χ2n) is 2.75. The normalized spacial score (nSPS) is 11.7. The zero-order valence-electron chi connectivity index (χ0n) is 7.50. The number of aromatic nitrogens is 2. The standard InChI is InChI=1S/C7H9BrN2O2S/c1-4-6(13(3,11)12)7(8)10-5(2)9-4/h1-3H3. The average molecular weight is 265 g/mol. The Morgan fingerprint density at radius 2 is 1.77 bits per heavy atom. The third-order valence-corrected chi connectivity index (χ3v) is 3.54. The minimum absolute atomic E-state index is 0.165. The molecule has 4 nitrogen and oxygen atoms in total. The van der Waals surface area contributed by atoms with Gasteiger partial charge in [0.25, 0.3) is 0 Å². The number of halogens is 1. The Labute approximate surface area is 85.5 Å². The van der Waals surface area contributed by atoms with Crippen LogP contribution in [0.15, 0.2) is 9.50 Å². The van der Waals surface area contributed by atoms with Crippen molar-refractivity contribution < 1.29 is 8.42 Å². The lowest BCUT2D eigenvalue weighted by atomic mass is 10.4. The van der Waals surface area contributed by atoms with Crippen molar-refractivity contribution >= 4 is 25.8 Å². The van der Waals surface area contributed by atoms with Gasteiger partial charge in [-0.25, -0.2) is 18.4 Å². The van der Waals surface area contributed by atoms with Crippen molar-refractivity contribution in [1.82, 2.24) is 9.97 Å². The summed E-state index contributed by atoms with van der Waals surface area (Å²) in [6.45, 7) is 3.36. The lowest BCUT2D eigenvalue weighted by molar-refractivity contribution is 0.599. The third-order valence-electron chi connectivity index (χ3n) is 1.48. The molecule has 1 aromatic rings. The van der Waals surface area contributed by atoms with Gasteiger partial charge in [-0.2, -0.15) is 0 Å². The maximum atomic E-state index is 11.3. The van der Waals surface area contributed by atoms with Crippen molar-refractivity contribution in [2.24, 2.45) is 0 Å². The molecule has 0 unspecified atom stereocenters. The lowest BCUT2D eigenvalue weighted by Crippen LogP contribution is -2.06. The van der Waals surface area contributed by atoms with Crippen LogP contribution in [0.4, 0.5) is 0 Å². The van der Waals surface area contributed by atoms with Crippen molar-refractivity contribution in [3.8, 4) is 0 Å². The van der Waals surface area contributed by atoms with Gasteiger partial charge in [-0.05, 0) is 29.8 Å². The van der Waals surface area contributed by atoms with E-state index in [1.54, 1.807) is 13.8 Å². The number of sulfone groups is 1. The molecule has 0 amide bonds. The summed E-state index contributed by atoms with van der Waals surface area (Å²) >= 11 is 3.10. The van der Waals surface area contributed by atoms with Gasteiger partial charge < -0.3 is 0 Å². The van der Waals surface area contributed by atoms with E-state index in [0.717, 1.165) is 6.26 Å². The number of hydrogen-bond donors (Lipinski definition) is 0. The SMILES string of the molecule is Cc1nc(C)c(S(C)(=O)=O)c(Br)n1. The molecule has 0 N–H and O–H groups in total. The van der Waals surface area contributed by atoms with Crippen LogP contribution in [0.2, 0.25) is 0 Å². The van der Waals surface area contributed by atoms with E-state index in [9.17, 15) is 8.42 Å². The Bertz CT molecular complexity index is 419. The largest absolute Gasteiger partial charge is 0.237 e. The van der Waals surface area contributed by atoms with Crippen molar-refractivity contribution in [2.45, 2.75) is 18.7 Å². The Hall–Kier alpha value is -0.490. The fourth-order valence-electron chi connectivity index (χ4n) is 1.08. The predicted molar refractivity (Wildman–Crippen MR) is 52.3 cm³/mol. The van der Waals surface area contributed by atoms with Gasteiger partial charge in [0.2, 0.25) is 0 Å². The summed E-state index contributed by atoms with van der Waals surface area (Å²) < 4.78 is 22.9. The molecule has 0 atom stereocenters. The van der Waals surface area contributed by atoms with Crippen LogP contribution < -0.4 is 0 Å². The van der Waals surface area contributed by atoms with Gasteiger partial charge in [-0.1, -0.05) is 0 Å². The highest BCUT2D eigenvalue weighted by Gasteiger charge is 2.17. The summed E-state index contributed by atoms with van der Waals surface area (Å²) in [6.07, 6.45) is 1.14. The van der Waals surface area contributed by atoms with Crippen LogP contribution in [0.1, 0.15) is 11.5 Å². The third kappa shape index (κ3) is 2.25. The zero-order chi connectivity index (χ0) is 10.2. The van der Waals surface area contributed by atoms with Gasteiger partial charge in [0.15, 0.2) is 9.84 Å². The minimum Gasteiger partial charge on any atom is -0.237 e. The van der Waals surface area contributed by atoms with E-state index >= 15 is 0 Å². The van der Waals surface area contributed by atoms with Gasteiger partial charge in [0, 0.05) is 6.26 Å². The van der Waals surface area contributed by atoms with Gasteiger partial charge in [0.1, 0.15) is 15.3 Å². The zero-order valence-corrected chi connectivity index (χ0v) is 9.90. The summed E-state index contributed by atoms with van der Waals surface area (Å²) in [4.78, 5) is 8.07. The lowest BCUT2D eigenvalue weighted by Gasteiger charge is -2.05. The van der Waals surface area contributed by atoms with Crippen LogP contribution in [0.5, 0.6) is 0 Å². The quantitative estimate of drug-likeness (QED) is 0.717. The summed E-state index contributed by atoms with van der Waals surface area (Å²) in [7, 11) is -3.25. The number of rotatable bonds is 1. The molecule has 0 aliphatic carbocycles. The first-order chi connectivity index (χ1) is 5.82. The summed E-state index contributed by atoms with van der Waals surface area (Å²) in [5.74, 6) is 0.553. The number of nitrogens with zero attached hydrogens (tertiary/aromatic N) is 2. The molecular weight excluding hydrogens is 256 g/mol. The first-order valence-electron chi connectivity index (χ1n) is 3.53. The highest BCUT2D eigenvalue weighted by Crippen LogP contribution is 2.21. The molecule has 72 valence electrons. The number of aryl methyl sites for hydroxylation is 2. The van der Waals surface area contributed by atoms with E-state index in [1.165, 1.54) is 0 Å². The predicted octanol–water partition coefficient (Wildman–Crippen LogP) is 1.26. The molecule has 0 saturated heterocycles. The molecule has 0 radical (unpaired) electrons. The molecule has 1 aromatic heterocycles. The van der Waals surface area contributed by atoms with E-state index in [1.807, 2.05) is 0 Å². The Kier molecular flexibility index (Phi) is 2.72. The van der Waals surface area contributed by atoms with Gasteiger partial charge >= 0.3 is 0 Å². The molecule has 1 heterocycles. The summed E-state index contributed by atoms with van der Waals surface area (Å²) in [5, 5.41) is 0. The highest BCUT2D eigenvalue weighted by atomic mass is 79.9. The molecule has 0 bridgehead atoms. The molecule has 0 fully saturated rings. The second-order valence-corrected chi connectivity index (χ2v) is 5.45. The second kappa shape index (κ2) is 3.34. The van der Waals surface area contributed by atoms with Crippen LogP contribution >= 0.6 is 15.9 Å². The first-order valence-corrected chi connectivity index (χ1v) is 6.21. The van der Waals surface area contributed by atoms with Crippen molar-refractivity contribution in [3.63, 3.8) is 0 Å². The first kappa shape index (κ1) is 10.6. The van der Waals surface area contributed by atoms with E-state index in [0.29, 0.717) is 16.1 Å². The van der Waals surface area contributed by atoms with Crippen molar-refractivity contribution in [1.29, 1.82) is 0 Å². The van der Waals surface area contributed by atoms with Crippen molar-refractivity contribution in [3.05, 3.63) is 16.1 Å². The fourth-order valence-corrected chi connectivity index (χ4v) is 3.44. The topological polar surface area (TPSA) is 59.9 Å². The molecular formula is C7H9BrN2O2S. The molecule has 0 aliphatic rings. The van der Waals surface area contributed by atoms with Crippen molar-refractivity contribution in [2.75, 3.05) is 6.26 Å². The fraction of sp³-hybridized carbons (Fsp3) is 0.429. The smallest absolute Gasteiger partial charge is 0.179 e. The molecule has 6 heteroatoms. The Morgan fingerprint density at radius 1 is 1.23 bits per heavy atom. The Morgan fingerprint density at radius 3 is 2.15 bits per heavy atom. The minimum atomic E-state index is -3.25. The van der Waals surface area contributed by atoms with Gasteiger partial charge in [-0.3, -0.25) is 0 Å². The van der Waals surface area contributed by atoms with E-state index in [-0.39, 0.29) is 4.90 Å². The monoisotopic (exact) mass is 264 g/mol. The molecule has 1 rings (SSSR count). The molecule has 13 heavy (non-hydrogen) atoms. The Balaban J connectivity index is 3.57. The van der Waals surface area contributed by atoms with Crippen LogP contribution in [-0.4, -0.2) is 24.6 Å². The summed E-state index contributed by atoms with van der Waals surface area (Å²) in [6, 6.07) is 0. The summed E-state index contributed by atoms with van der Waals surface area (Å²) in [5.41, 5.74) is 0.474. The molecule has 0 saturated carbocycles. The highest BCUT2D eigenvalue weighted by molar-refractivity contribution is 9.10. The maximum Gasteiger partial charge on any atom is 0.179 e. The van der Waals surface area contributed by atoms with Crippen LogP contribution in [0, 0.1) is 13.8 Å². The molecule has 0 aromatic carbocycles. The van der Waals surface area contributed by atoms with Crippen LogP contribution in [0.25, 0.3) is 0 Å². The molecule has 0 aliphatic heterocycles.